The molecule has 3 rings (SSSR count). The van der Waals surface area contributed by atoms with Crippen molar-refractivity contribution >= 4 is 15.9 Å². The molecule has 3 heteroatoms. The highest BCUT2D eigenvalue weighted by atomic mass is 79.9. The molecule has 1 aromatic carbocycles. The van der Waals surface area contributed by atoms with Gasteiger partial charge in [0.15, 0.2) is 0 Å². The molecule has 0 saturated carbocycles. The number of fused-ring (bicyclic) bond motifs is 1. The molecule has 2 aromatic rings. The second-order valence-electron chi connectivity index (χ2n) is 5.21. The highest BCUT2D eigenvalue weighted by molar-refractivity contribution is 9.10. The molecule has 1 atom stereocenters. The Morgan fingerprint density at radius 1 is 1.37 bits per heavy atom. The van der Waals surface area contributed by atoms with Gasteiger partial charge in [-0.2, -0.15) is 0 Å². The van der Waals surface area contributed by atoms with Crippen LogP contribution in [0.4, 0.5) is 0 Å². The smallest absolute Gasteiger partial charge is 0.108 e. The van der Waals surface area contributed by atoms with Gasteiger partial charge in [-0.1, -0.05) is 28.1 Å². The summed E-state index contributed by atoms with van der Waals surface area (Å²) in [6, 6.07) is 9.07. The number of hydrogen-bond acceptors (Lipinski definition) is 2. The first-order valence-corrected chi connectivity index (χ1v) is 7.58. The van der Waals surface area contributed by atoms with Gasteiger partial charge >= 0.3 is 0 Å². The van der Waals surface area contributed by atoms with E-state index >= 15 is 0 Å². The zero-order valence-corrected chi connectivity index (χ0v) is 12.7. The van der Waals surface area contributed by atoms with Crippen molar-refractivity contribution in [3.63, 3.8) is 0 Å². The molecule has 1 unspecified atom stereocenters. The van der Waals surface area contributed by atoms with Crippen LogP contribution in [0.2, 0.25) is 0 Å². The molecule has 100 valence electrons. The van der Waals surface area contributed by atoms with E-state index in [1.807, 2.05) is 6.26 Å². The van der Waals surface area contributed by atoms with Gasteiger partial charge in [0, 0.05) is 29.0 Å². The molecule has 1 N–H and O–H groups in total. The van der Waals surface area contributed by atoms with Gasteiger partial charge in [0.2, 0.25) is 0 Å². The van der Waals surface area contributed by atoms with Crippen molar-refractivity contribution in [1.82, 2.24) is 5.32 Å². The lowest BCUT2D eigenvalue weighted by Gasteiger charge is -2.23. The van der Waals surface area contributed by atoms with E-state index in [2.05, 4.69) is 52.4 Å². The average Bonchev–Trinajstić information content (AvgIpc) is 2.89. The number of rotatable bonds is 3. The summed E-state index contributed by atoms with van der Waals surface area (Å²) in [5.74, 6) is 1.16. The molecule has 1 heterocycles. The Kier molecular flexibility index (Phi) is 3.76. The summed E-state index contributed by atoms with van der Waals surface area (Å²) >= 11 is 3.54. The minimum absolute atomic E-state index is 0.437. The summed E-state index contributed by atoms with van der Waals surface area (Å²) in [4.78, 5) is 0. The third-order valence-corrected chi connectivity index (χ3v) is 4.72. The maximum Gasteiger partial charge on any atom is 0.108 e. The van der Waals surface area contributed by atoms with Crippen LogP contribution in [-0.2, 0) is 13.0 Å². The van der Waals surface area contributed by atoms with E-state index < -0.39 is 0 Å². The van der Waals surface area contributed by atoms with Gasteiger partial charge in [-0.05, 0) is 43.0 Å². The maximum atomic E-state index is 5.53. The van der Waals surface area contributed by atoms with Crippen molar-refractivity contribution < 1.29 is 4.42 Å². The first-order valence-electron chi connectivity index (χ1n) is 6.79. The molecular formula is C16H18BrNO. The molecule has 0 amide bonds. The lowest BCUT2D eigenvalue weighted by Crippen LogP contribution is -2.24. The Morgan fingerprint density at radius 2 is 2.26 bits per heavy atom. The second-order valence-corrected chi connectivity index (χ2v) is 6.06. The Balaban J connectivity index is 1.69. The standard InChI is InChI=1S/C16H18BrNO/c1-11-9-12(5-6-14(11)17)10-18-15-3-2-4-16-13(15)7-8-19-16/h5-9,15,18H,2-4,10H2,1H3. The van der Waals surface area contributed by atoms with E-state index in [0.717, 1.165) is 18.7 Å². The van der Waals surface area contributed by atoms with Crippen LogP contribution in [0.15, 0.2) is 39.4 Å². The molecule has 0 spiro atoms. The van der Waals surface area contributed by atoms with Crippen molar-refractivity contribution in [1.29, 1.82) is 0 Å². The van der Waals surface area contributed by atoms with Crippen molar-refractivity contribution in [2.75, 3.05) is 0 Å². The SMILES string of the molecule is Cc1cc(CNC2CCCc3occc32)ccc1Br. The minimum Gasteiger partial charge on any atom is -0.469 e. The number of nitrogens with one attached hydrogen (secondary N) is 1. The summed E-state index contributed by atoms with van der Waals surface area (Å²) in [6.45, 7) is 3.03. The molecule has 0 aliphatic heterocycles. The first-order chi connectivity index (χ1) is 9.24. The van der Waals surface area contributed by atoms with Gasteiger partial charge in [-0.15, -0.1) is 0 Å². The summed E-state index contributed by atoms with van der Waals surface area (Å²) in [6.07, 6.45) is 5.30. The Hall–Kier alpha value is -1.06. The molecule has 19 heavy (non-hydrogen) atoms. The van der Waals surface area contributed by atoms with Crippen molar-refractivity contribution in [2.24, 2.45) is 0 Å². The van der Waals surface area contributed by atoms with Gasteiger partial charge in [0.1, 0.15) is 5.76 Å². The molecule has 0 bridgehead atoms. The Bertz CT molecular complexity index is 576. The number of aryl methyl sites for hydroxylation is 2. The lowest BCUT2D eigenvalue weighted by atomic mass is 9.93. The van der Waals surface area contributed by atoms with Crippen LogP contribution in [0.25, 0.3) is 0 Å². The van der Waals surface area contributed by atoms with E-state index in [1.54, 1.807) is 0 Å². The topological polar surface area (TPSA) is 25.2 Å². The van der Waals surface area contributed by atoms with Crippen LogP contribution in [0.1, 0.15) is 41.3 Å². The number of hydrogen-bond donors (Lipinski definition) is 1. The second kappa shape index (κ2) is 5.51. The van der Waals surface area contributed by atoms with E-state index in [9.17, 15) is 0 Å². The normalized spacial score (nSPS) is 18.3. The molecule has 0 radical (unpaired) electrons. The summed E-state index contributed by atoms with van der Waals surface area (Å²) in [7, 11) is 0. The molecule has 1 aliphatic carbocycles. The fourth-order valence-electron chi connectivity index (χ4n) is 2.76. The molecular weight excluding hydrogens is 302 g/mol. The number of benzene rings is 1. The highest BCUT2D eigenvalue weighted by Gasteiger charge is 2.21. The third-order valence-electron chi connectivity index (χ3n) is 3.83. The van der Waals surface area contributed by atoms with Crippen LogP contribution >= 0.6 is 15.9 Å². The highest BCUT2D eigenvalue weighted by Crippen LogP contribution is 2.30. The maximum absolute atomic E-state index is 5.53. The van der Waals surface area contributed by atoms with Gasteiger partial charge in [-0.25, -0.2) is 0 Å². The monoisotopic (exact) mass is 319 g/mol. The largest absolute Gasteiger partial charge is 0.469 e. The average molecular weight is 320 g/mol. The summed E-state index contributed by atoms with van der Waals surface area (Å²) < 4.78 is 6.70. The zero-order valence-electron chi connectivity index (χ0n) is 11.1. The molecule has 0 saturated heterocycles. The Labute approximate surface area is 122 Å². The van der Waals surface area contributed by atoms with E-state index in [1.165, 1.54) is 34.0 Å². The third kappa shape index (κ3) is 2.77. The number of halogens is 1. The quantitative estimate of drug-likeness (QED) is 0.899. The van der Waals surface area contributed by atoms with Crippen LogP contribution in [0.5, 0.6) is 0 Å². The molecule has 0 fully saturated rings. The fraction of sp³-hybridized carbons (Fsp3) is 0.375. The van der Waals surface area contributed by atoms with Gasteiger partial charge in [0.05, 0.1) is 6.26 Å². The lowest BCUT2D eigenvalue weighted by molar-refractivity contribution is 0.411. The van der Waals surface area contributed by atoms with Gasteiger partial charge in [-0.3, -0.25) is 0 Å². The first kappa shape index (κ1) is 12.9. The number of furan rings is 1. The summed E-state index contributed by atoms with van der Waals surface area (Å²) in [5.41, 5.74) is 3.96. The predicted molar refractivity (Wildman–Crippen MR) is 80.1 cm³/mol. The molecule has 2 nitrogen and oxygen atoms in total. The zero-order chi connectivity index (χ0) is 13.2. The summed E-state index contributed by atoms with van der Waals surface area (Å²) in [5, 5.41) is 3.65. The van der Waals surface area contributed by atoms with Crippen molar-refractivity contribution in [3.05, 3.63) is 57.5 Å². The Morgan fingerprint density at radius 3 is 3.11 bits per heavy atom. The predicted octanol–water partition coefficient (Wildman–Crippen LogP) is 4.52. The minimum atomic E-state index is 0.437. The molecule has 1 aromatic heterocycles. The van der Waals surface area contributed by atoms with Gasteiger partial charge < -0.3 is 9.73 Å². The van der Waals surface area contributed by atoms with Gasteiger partial charge in [0.25, 0.3) is 0 Å². The van der Waals surface area contributed by atoms with E-state index in [-0.39, 0.29) is 0 Å². The van der Waals surface area contributed by atoms with E-state index in [4.69, 9.17) is 4.42 Å². The molecule has 1 aliphatic rings. The van der Waals surface area contributed by atoms with Crippen LogP contribution in [0.3, 0.4) is 0 Å². The van der Waals surface area contributed by atoms with Crippen molar-refractivity contribution in [3.8, 4) is 0 Å². The fourth-order valence-corrected chi connectivity index (χ4v) is 3.00. The van der Waals surface area contributed by atoms with Crippen LogP contribution in [0, 0.1) is 6.92 Å². The van der Waals surface area contributed by atoms with Crippen LogP contribution < -0.4 is 5.32 Å². The van der Waals surface area contributed by atoms with Crippen LogP contribution in [-0.4, -0.2) is 0 Å². The van der Waals surface area contributed by atoms with E-state index in [0.29, 0.717) is 6.04 Å². The van der Waals surface area contributed by atoms with Crippen molar-refractivity contribution in [2.45, 2.75) is 38.8 Å².